The lowest BCUT2D eigenvalue weighted by atomic mass is 9.46. The fourth-order valence-electron chi connectivity index (χ4n) is 4.59. The van der Waals surface area contributed by atoms with E-state index >= 15 is 0 Å². The summed E-state index contributed by atoms with van der Waals surface area (Å²) < 4.78 is 18.9. The van der Waals surface area contributed by atoms with Crippen molar-refractivity contribution < 1.29 is 9.13 Å². The zero-order valence-electron chi connectivity index (χ0n) is 13.9. The SMILES string of the molecule is CN=C(NCc1ccc(F)cc1)NC1C2CCOC2C12CCC2.I. The third kappa shape index (κ3) is 2.92. The van der Waals surface area contributed by atoms with Crippen LogP contribution in [-0.4, -0.2) is 31.8 Å². The van der Waals surface area contributed by atoms with Crippen LogP contribution in [0.5, 0.6) is 0 Å². The molecule has 0 radical (unpaired) electrons. The first-order valence-electron chi connectivity index (χ1n) is 8.56. The number of guanidine groups is 1. The molecule has 3 fully saturated rings. The lowest BCUT2D eigenvalue weighted by Gasteiger charge is -2.63. The minimum atomic E-state index is -0.204. The fraction of sp³-hybridized carbons (Fsp3) is 0.611. The Balaban J connectivity index is 0.00000169. The number of nitrogens with one attached hydrogen (secondary N) is 2. The Labute approximate surface area is 159 Å². The molecule has 1 aliphatic heterocycles. The van der Waals surface area contributed by atoms with Gasteiger partial charge in [0.1, 0.15) is 5.82 Å². The van der Waals surface area contributed by atoms with Crippen molar-refractivity contribution in [1.29, 1.82) is 0 Å². The van der Waals surface area contributed by atoms with Gasteiger partial charge < -0.3 is 15.4 Å². The van der Waals surface area contributed by atoms with Crippen molar-refractivity contribution in [2.45, 2.75) is 44.4 Å². The highest BCUT2D eigenvalue weighted by Crippen LogP contribution is 2.62. The maximum Gasteiger partial charge on any atom is 0.191 e. The Bertz CT molecular complexity index is 603. The van der Waals surface area contributed by atoms with Crippen LogP contribution in [-0.2, 0) is 11.3 Å². The van der Waals surface area contributed by atoms with Gasteiger partial charge >= 0.3 is 0 Å². The average molecular weight is 445 g/mol. The first kappa shape index (κ1) is 17.9. The average Bonchev–Trinajstić information content (AvgIpc) is 2.93. The van der Waals surface area contributed by atoms with Gasteiger partial charge in [0, 0.05) is 37.6 Å². The molecule has 24 heavy (non-hydrogen) atoms. The van der Waals surface area contributed by atoms with Crippen molar-refractivity contribution in [2.75, 3.05) is 13.7 Å². The van der Waals surface area contributed by atoms with Crippen LogP contribution in [0, 0.1) is 17.2 Å². The second kappa shape index (κ2) is 7.15. The topological polar surface area (TPSA) is 45.7 Å². The molecule has 6 heteroatoms. The Kier molecular flexibility index (Phi) is 5.34. The van der Waals surface area contributed by atoms with Crippen LogP contribution in [0.4, 0.5) is 4.39 Å². The van der Waals surface area contributed by atoms with Crippen LogP contribution < -0.4 is 10.6 Å². The summed E-state index contributed by atoms with van der Waals surface area (Å²) in [6, 6.07) is 7.05. The lowest BCUT2D eigenvalue weighted by molar-refractivity contribution is -0.171. The first-order chi connectivity index (χ1) is 11.2. The van der Waals surface area contributed by atoms with E-state index in [0.717, 1.165) is 24.6 Å². The van der Waals surface area contributed by atoms with E-state index in [-0.39, 0.29) is 29.8 Å². The second-order valence-corrected chi connectivity index (χ2v) is 7.00. The zero-order chi connectivity index (χ0) is 15.9. The van der Waals surface area contributed by atoms with E-state index in [2.05, 4.69) is 15.6 Å². The van der Waals surface area contributed by atoms with Gasteiger partial charge in [-0.3, -0.25) is 4.99 Å². The van der Waals surface area contributed by atoms with Gasteiger partial charge in [0.15, 0.2) is 5.96 Å². The number of fused-ring (bicyclic) bond motifs is 2. The number of halogens is 2. The van der Waals surface area contributed by atoms with E-state index in [1.165, 1.54) is 31.4 Å². The number of rotatable bonds is 3. The molecule has 132 valence electrons. The molecule has 2 N–H and O–H groups in total. The predicted molar refractivity (Wildman–Crippen MR) is 103 cm³/mol. The van der Waals surface area contributed by atoms with Gasteiger partial charge in [-0.1, -0.05) is 18.6 Å². The molecule has 0 amide bonds. The minimum Gasteiger partial charge on any atom is -0.377 e. The number of hydrogen-bond acceptors (Lipinski definition) is 2. The van der Waals surface area contributed by atoms with Gasteiger partial charge in [-0.05, 0) is 37.0 Å². The van der Waals surface area contributed by atoms with E-state index in [1.807, 2.05) is 0 Å². The minimum absolute atomic E-state index is 0. The highest BCUT2D eigenvalue weighted by molar-refractivity contribution is 14.0. The summed E-state index contributed by atoms with van der Waals surface area (Å²) in [4.78, 5) is 4.36. The standard InChI is InChI=1S/C18H24FN3O.HI/c1-20-17(21-11-12-3-5-13(19)6-4-12)22-15-14-7-10-23-16(14)18(15)8-2-9-18;/h3-6,14-16H,2,7-11H2,1H3,(H2,20,21,22);1H. The number of benzene rings is 1. The number of nitrogens with zero attached hydrogens (tertiary/aromatic N) is 1. The molecule has 0 bridgehead atoms. The molecule has 1 saturated heterocycles. The molecule has 2 aliphatic carbocycles. The Morgan fingerprint density at radius 3 is 2.71 bits per heavy atom. The van der Waals surface area contributed by atoms with Gasteiger partial charge in [-0.25, -0.2) is 4.39 Å². The van der Waals surface area contributed by atoms with Crippen LogP contribution in [0.3, 0.4) is 0 Å². The lowest BCUT2D eigenvalue weighted by Crippen LogP contribution is -2.72. The molecule has 3 unspecified atom stereocenters. The molecule has 1 spiro atoms. The van der Waals surface area contributed by atoms with E-state index in [9.17, 15) is 4.39 Å². The molecule has 4 nitrogen and oxygen atoms in total. The molecular formula is C18H25FIN3O. The maximum absolute atomic E-state index is 13.0. The van der Waals surface area contributed by atoms with Crippen LogP contribution in [0.15, 0.2) is 29.3 Å². The summed E-state index contributed by atoms with van der Waals surface area (Å²) in [5.74, 6) is 1.25. The zero-order valence-corrected chi connectivity index (χ0v) is 16.3. The van der Waals surface area contributed by atoms with Gasteiger partial charge in [-0.15, -0.1) is 24.0 Å². The molecule has 3 atom stereocenters. The first-order valence-corrected chi connectivity index (χ1v) is 8.56. The van der Waals surface area contributed by atoms with E-state index in [1.54, 1.807) is 19.2 Å². The van der Waals surface area contributed by atoms with Crippen molar-refractivity contribution in [3.63, 3.8) is 0 Å². The fourth-order valence-corrected chi connectivity index (χ4v) is 4.59. The van der Waals surface area contributed by atoms with Crippen LogP contribution in [0.2, 0.25) is 0 Å². The van der Waals surface area contributed by atoms with Crippen molar-refractivity contribution in [2.24, 2.45) is 16.3 Å². The van der Waals surface area contributed by atoms with Crippen molar-refractivity contribution in [1.82, 2.24) is 10.6 Å². The molecule has 2 saturated carbocycles. The Morgan fingerprint density at radius 2 is 2.08 bits per heavy atom. The normalized spacial score (nSPS) is 29.9. The number of hydrogen-bond donors (Lipinski definition) is 2. The Morgan fingerprint density at radius 1 is 1.33 bits per heavy atom. The summed E-state index contributed by atoms with van der Waals surface area (Å²) >= 11 is 0. The molecule has 4 rings (SSSR count). The smallest absolute Gasteiger partial charge is 0.191 e. The van der Waals surface area contributed by atoms with E-state index < -0.39 is 0 Å². The van der Waals surface area contributed by atoms with Crippen LogP contribution >= 0.6 is 24.0 Å². The third-order valence-electron chi connectivity index (χ3n) is 5.93. The molecule has 1 aromatic rings. The summed E-state index contributed by atoms with van der Waals surface area (Å²) in [5.41, 5.74) is 1.39. The summed E-state index contributed by atoms with van der Waals surface area (Å²) in [5, 5.41) is 6.98. The van der Waals surface area contributed by atoms with Crippen LogP contribution in [0.1, 0.15) is 31.2 Å². The predicted octanol–water partition coefficient (Wildman–Crippen LogP) is 3.07. The van der Waals surface area contributed by atoms with E-state index in [4.69, 9.17) is 4.74 Å². The monoisotopic (exact) mass is 445 g/mol. The van der Waals surface area contributed by atoms with Crippen molar-refractivity contribution >= 4 is 29.9 Å². The molecule has 1 aromatic carbocycles. The molecule has 3 aliphatic rings. The van der Waals surface area contributed by atoms with Crippen molar-refractivity contribution in [3.05, 3.63) is 35.6 Å². The quantitative estimate of drug-likeness (QED) is 0.427. The molecule has 1 heterocycles. The summed E-state index contributed by atoms with van der Waals surface area (Å²) in [6.07, 6.45) is 5.46. The molecular weight excluding hydrogens is 420 g/mol. The highest BCUT2D eigenvalue weighted by Gasteiger charge is 2.66. The van der Waals surface area contributed by atoms with Crippen LogP contribution in [0.25, 0.3) is 0 Å². The van der Waals surface area contributed by atoms with Gasteiger partial charge in [-0.2, -0.15) is 0 Å². The van der Waals surface area contributed by atoms with Gasteiger partial charge in [0.05, 0.1) is 6.10 Å². The second-order valence-electron chi connectivity index (χ2n) is 7.00. The summed E-state index contributed by atoms with van der Waals surface area (Å²) in [7, 11) is 1.80. The van der Waals surface area contributed by atoms with E-state index in [0.29, 0.717) is 30.0 Å². The number of aliphatic imine (C=N–C) groups is 1. The highest BCUT2D eigenvalue weighted by atomic mass is 127. The molecule has 0 aromatic heterocycles. The van der Waals surface area contributed by atoms with Crippen molar-refractivity contribution in [3.8, 4) is 0 Å². The summed E-state index contributed by atoms with van der Waals surface area (Å²) in [6.45, 7) is 1.54. The third-order valence-corrected chi connectivity index (χ3v) is 5.93. The van der Waals surface area contributed by atoms with Gasteiger partial charge in [0.25, 0.3) is 0 Å². The number of ether oxygens (including phenoxy) is 1. The van der Waals surface area contributed by atoms with Gasteiger partial charge in [0.2, 0.25) is 0 Å². The Hall–Kier alpha value is -0.890. The maximum atomic E-state index is 13.0. The largest absolute Gasteiger partial charge is 0.377 e.